The first-order chi connectivity index (χ1) is 9.23. The van der Waals surface area contributed by atoms with Crippen LogP contribution in [0.2, 0.25) is 0 Å². The van der Waals surface area contributed by atoms with Gasteiger partial charge in [0.1, 0.15) is 11.8 Å². The second-order valence-corrected chi connectivity index (χ2v) is 5.15. The Labute approximate surface area is 114 Å². The normalized spacial score (nSPS) is 17.5. The van der Waals surface area contributed by atoms with Crippen molar-refractivity contribution < 1.29 is 9.84 Å². The molecule has 1 fully saturated rings. The summed E-state index contributed by atoms with van der Waals surface area (Å²) in [4.78, 5) is 0. The van der Waals surface area contributed by atoms with Gasteiger partial charge in [-0.3, -0.25) is 0 Å². The van der Waals surface area contributed by atoms with Crippen LogP contribution in [-0.2, 0) is 0 Å². The molecule has 2 N–H and O–H groups in total. The van der Waals surface area contributed by atoms with E-state index in [-0.39, 0.29) is 12.1 Å². The molecule has 19 heavy (non-hydrogen) atoms. The number of hydrogen-bond acceptors (Lipinski definition) is 4. The molecule has 0 heterocycles. The number of nitriles is 1. The predicted molar refractivity (Wildman–Crippen MR) is 74.2 cm³/mol. The molecular formula is C15H20N2O2. The van der Waals surface area contributed by atoms with Crippen molar-refractivity contribution in [2.45, 2.75) is 37.6 Å². The summed E-state index contributed by atoms with van der Waals surface area (Å²) in [6, 6.07) is 7.52. The first kappa shape index (κ1) is 13.7. The molecule has 0 aliphatic heterocycles. The lowest BCUT2D eigenvalue weighted by atomic mass is 9.82. The van der Waals surface area contributed by atoms with Crippen molar-refractivity contribution in [2.75, 3.05) is 19.0 Å². The van der Waals surface area contributed by atoms with Crippen molar-refractivity contribution in [3.63, 3.8) is 0 Å². The summed E-state index contributed by atoms with van der Waals surface area (Å²) in [6.45, 7) is 0.0923. The smallest absolute Gasteiger partial charge is 0.121 e. The van der Waals surface area contributed by atoms with Crippen molar-refractivity contribution in [3.05, 3.63) is 23.8 Å². The van der Waals surface area contributed by atoms with Gasteiger partial charge in [-0.15, -0.1) is 0 Å². The van der Waals surface area contributed by atoms with Crippen LogP contribution in [0.3, 0.4) is 0 Å². The van der Waals surface area contributed by atoms with Gasteiger partial charge in [0, 0.05) is 6.07 Å². The van der Waals surface area contributed by atoms with E-state index in [2.05, 4.69) is 11.4 Å². The van der Waals surface area contributed by atoms with Gasteiger partial charge in [-0.1, -0.05) is 19.3 Å². The van der Waals surface area contributed by atoms with Crippen molar-refractivity contribution in [1.82, 2.24) is 0 Å². The van der Waals surface area contributed by atoms with Gasteiger partial charge < -0.3 is 15.2 Å². The fraction of sp³-hybridized carbons (Fsp3) is 0.533. The summed E-state index contributed by atoms with van der Waals surface area (Å²) in [5.41, 5.74) is 1.04. The van der Waals surface area contributed by atoms with Gasteiger partial charge in [0.05, 0.1) is 30.5 Å². The molecule has 2 rings (SSSR count). The number of anilines is 1. The summed E-state index contributed by atoms with van der Waals surface area (Å²) in [7, 11) is 1.60. The van der Waals surface area contributed by atoms with E-state index >= 15 is 0 Å². The van der Waals surface area contributed by atoms with E-state index in [1.54, 1.807) is 19.2 Å². The summed E-state index contributed by atoms with van der Waals surface area (Å²) in [5.74, 6) is 0.713. The van der Waals surface area contributed by atoms with Crippen molar-refractivity contribution in [3.8, 4) is 11.8 Å². The number of methoxy groups -OCH3 is 1. The highest BCUT2D eigenvalue weighted by molar-refractivity contribution is 5.61. The standard InChI is InChI=1S/C15H20N2O2/c1-19-13-6-5-12(10-16)14(9-13)17-15(11-18)7-3-2-4-8-15/h5-6,9,17-18H,2-4,7-8,11H2,1H3. The third-order valence-corrected chi connectivity index (χ3v) is 3.86. The monoisotopic (exact) mass is 260 g/mol. The number of nitrogens with one attached hydrogen (secondary N) is 1. The van der Waals surface area contributed by atoms with Gasteiger partial charge in [0.2, 0.25) is 0 Å². The molecule has 1 aromatic carbocycles. The zero-order chi connectivity index (χ0) is 13.7. The van der Waals surface area contributed by atoms with Gasteiger partial charge in [-0.05, 0) is 25.0 Å². The van der Waals surface area contributed by atoms with Crippen LogP contribution in [0, 0.1) is 11.3 Å². The molecule has 0 saturated heterocycles. The minimum Gasteiger partial charge on any atom is -0.497 e. The highest BCUT2D eigenvalue weighted by Gasteiger charge is 2.31. The molecule has 1 aliphatic rings. The molecule has 0 spiro atoms. The summed E-state index contributed by atoms with van der Waals surface area (Å²) < 4.78 is 5.20. The third-order valence-electron chi connectivity index (χ3n) is 3.86. The molecule has 0 atom stereocenters. The molecule has 1 aromatic rings. The minimum atomic E-state index is -0.295. The van der Waals surface area contributed by atoms with Gasteiger partial charge >= 0.3 is 0 Å². The lowest BCUT2D eigenvalue weighted by Gasteiger charge is -2.37. The Morgan fingerprint density at radius 1 is 1.37 bits per heavy atom. The fourth-order valence-corrected chi connectivity index (χ4v) is 2.69. The average molecular weight is 260 g/mol. The lowest BCUT2D eigenvalue weighted by molar-refractivity contribution is 0.173. The largest absolute Gasteiger partial charge is 0.497 e. The predicted octanol–water partition coefficient (Wildman–Crippen LogP) is 2.67. The Kier molecular flexibility index (Phi) is 4.28. The minimum absolute atomic E-state index is 0.0923. The fourth-order valence-electron chi connectivity index (χ4n) is 2.69. The number of aliphatic hydroxyl groups excluding tert-OH is 1. The van der Waals surface area contributed by atoms with Gasteiger partial charge in [0.25, 0.3) is 0 Å². The Morgan fingerprint density at radius 2 is 2.11 bits per heavy atom. The number of ether oxygens (including phenoxy) is 1. The van der Waals surface area contributed by atoms with Crippen LogP contribution in [0.1, 0.15) is 37.7 Å². The Morgan fingerprint density at radius 3 is 2.68 bits per heavy atom. The molecule has 1 saturated carbocycles. The van der Waals surface area contributed by atoms with Crippen LogP contribution in [0.15, 0.2) is 18.2 Å². The third kappa shape index (κ3) is 2.99. The molecule has 0 amide bonds. The zero-order valence-corrected chi connectivity index (χ0v) is 11.3. The molecule has 102 valence electrons. The van der Waals surface area contributed by atoms with Crippen LogP contribution in [0.25, 0.3) is 0 Å². The summed E-state index contributed by atoms with van der Waals surface area (Å²) in [5, 5.41) is 22.3. The molecule has 0 radical (unpaired) electrons. The van der Waals surface area contributed by atoms with E-state index in [1.807, 2.05) is 6.07 Å². The maximum Gasteiger partial charge on any atom is 0.121 e. The van der Waals surface area contributed by atoms with E-state index in [0.29, 0.717) is 11.3 Å². The Hall–Kier alpha value is -1.73. The zero-order valence-electron chi connectivity index (χ0n) is 11.3. The molecule has 1 aliphatic carbocycles. The number of aliphatic hydroxyl groups is 1. The highest BCUT2D eigenvalue weighted by Crippen LogP contribution is 2.33. The summed E-state index contributed by atoms with van der Waals surface area (Å²) >= 11 is 0. The second-order valence-electron chi connectivity index (χ2n) is 5.15. The van der Waals surface area contributed by atoms with Crippen LogP contribution in [-0.4, -0.2) is 24.4 Å². The first-order valence-electron chi connectivity index (χ1n) is 6.70. The number of benzene rings is 1. The van der Waals surface area contributed by atoms with E-state index in [1.165, 1.54) is 6.42 Å². The topological polar surface area (TPSA) is 65.3 Å². The average Bonchev–Trinajstić information content (AvgIpc) is 2.48. The first-order valence-corrected chi connectivity index (χ1v) is 6.70. The van der Waals surface area contributed by atoms with Crippen LogP contribution < -0.4 is 10.1 Å². The number of nitrogens with zero attached hydrogens (tertiary/aromatic N) is 1. The quantitative estimate of drug-likeness (QED) is 0.873. The van der Waals surface area contributed by atoms with Crippen molar-refractivity contribution in [1.29, 1.82) is 5.26 Å². The van der Waals surface area contributed by atoms with Crippen LogP contribution in [0.4, 0.5) is 5.69 Å². The van der Waals surface area contributed by atoms with E-state index in [0.717, 1.165) is 31.4 Å². The second kappa shape index (κ2) is 5.94. The van der Waals surface area contributed by atoms with E-state index in [9.17, 15) is 10.4 Å². The van der Waals surface area contributed by atoms with Crippen LogP contribution >= 0.6 is 0 Å². The van der Waals surface area contributed by atoms with Gasteiger partial charge in [-0.2, -0.15) is 5.26 Å². The van der Waals surface area contributed by atoms with Gasteiger partial charge in [-0.25, -0.2) is 0 Å². The molecular weight excluding hydrogens is 240 g/mol. The number of hydrogen-bond donors (Lipinski definition) is 2. The Balaban J connectivity index is 2.27. The van der Waals surface area contributed by atoms with Gasteiger partial charge in [0.15, 0.2) is 0 Å². The maximum absolute atomic E-state index is 9.72. The lowest BCUT2D eigenvalue weighted by Crippen LogP contribution is -2.44. The number of rotatable bonds is 4. The molecule has 4 nitrogen and oxygen atoms in total. The van der Waals surface area contributed by atoms with Crippen molar-refractivity contribution in [2.24, 2.45) is 0 Å². The SMILES string of the molecule is COc1ccc(C#N)c(NC2(CO)CCCCC2)c1. The molecule has 0 unspecified atom stereocenters. The van der Waals surface area contributed by atoms with Crippen LogP contribution in [0.5, 0.6) is 5.75 Å². The van der Waals surface area contributed by atoms with E-state index in [4.69, 9.17) is 4.74 Å². The van der Waals surface area contributed by atoms with Crippen molar-refractivity contribution >= 4 is 5.69 Å². The molecule has 0 bridgehead atoms. The summed E-state index contributed by atoms with van der Waals surface area (Å²) in [6.07, 6.45) is 5.31. The highest BCUT2D eigenvalue weighted by atomic mass is 16.5. The van der Waals surface area contributed by atoms with E-state index < -0.39 is 0 Å². The maximum atomic E-state index is 9.72. The molecule has 4 heteroatoms. The molecule has 0 aromatic heterocycles. The Bertz CT molecular complexity index is 474.